The summed E-state index contributed by atoms with van der Waals surface area (Å²) in [6.45, 7) is 9.14. The molecule has 1 aromatic heterocycles. The van der Waals surface area contributed by atoms with Crippen LogP contribution in [-0.2, 0) is 13.1 Å². The highest BCUT2D eigenvalue weighted by Gasteiger charge is 2.27. The van der Waals surface area contributed by atoms with Gasteiger partial charge in [0.1, 0.15) is 16.8 Å². The highest BCUT2D eigenvalue weighted by molar-refractivity contribution is 5.73. The van der Waals surface area contributed by atoms with Crippen LogP contribution in [0.1, 0.15) is 28.7 Å². The lowest BCUT2D eigenvalue weighted by atomic mass is 10.00. The average molecular weight is 411 g/mol. The summed E-state index contributed by atoms with van der Waals surface area (Å²) in [5.74, 6) is 0.937. The topological polar surface area (TPSA) is 74.9 Å². The van der Waals surface area contributed by atoms with Crippen LogP contribution in [0.25, 0.3) is 11.0 Å². The molecule has 7 nitrogen and oxygen atoms in total. The van der Waals surface area contributed by atoms with Gasteiger partial charge in [-0.2, -0.15) is 0 Å². The van der Waals surface area contributed by atoms with E-state index in [0.29, 0.717) is 6.04 Å². The first-order chi connectivity index (χ1) is 14.6. The Morgan fingerprint density at radius 2 is 1.90 bits per heavy atom. The van der Waals surface area contributed by atoms with Crippen LogP contribution in [0.4, 0.5) is 0 Å². The molecular weight excluding hydrogens is 380 g/mol. The third kappa shape index (κ3) is 4.33. The molecular formula is C23H30N4O3. The van der Waals surface area contributed by atoms with Crippen LogP contribution < -0.4 is 4.74 Å². The van der Waals surface area contributed by atoms with Gasteiger partial charge in [0.25, 0.3) is 0 Å². The van der Waals surface area contributed by atoms with Crippen molar-refractivity contribution in [2.24, 2.45) is 0 Å². The zero-order valence-corrected chi connectivity index (χ0v) is 18.0. The number of hydrogen-bond donors (Lipinski definition) is 1. The maximum atomic E-state index is 9.65. The van der Waals surface area contributed by atoms with Gasteiger partial charge in [-0.3, -0.25) is 9.80 Å². The maximum Gasteiger partial charge on any atom is 0.135 e. The molecule has 0 radical (unpaired) electrons. The van der Waals surface area contributed by atoms with E-state index in [4.69, 9.17) is 9.37 Å². The number of aliphatic hydroxyl groups excluding tert-OH is 1. The van der Waals surface area contributed by atoms with Crippen LogP contribution in [-0.4, -0.2) is 64.6 Å². The van der Waals surface area contributed by atoms with E-state index in [-0.39, 0.29) is 6.61 Å². The summed E-state index contributed by atoms with van der Waals surface area (Å²) in [6.07, 6.45) is 0.775. The van der Waals surface area contributed by atoms with Gasteiger partial charge in [0, 0.05) is 45.4 Å². The zero-order chi connectivity index (χ0) is 21.1. The van der Waals surface area contributed by atoms with E-state index >= 15 is 0 Å². The molecule has 0 unspecified atom stereocenters. The SMILES string of the molecule is COc1ccc(CN2CCN(Cc3ccc4nonc4c3)C[C@@H]2CCO)c(C)c1C. The van der Waals surface area contributed by atoms with Crippen LogP contribution in [0.15, 0.2) is 35.0 Å². The second-order valence-corrected chi connectivity index (χ2v) is 8.14. The molecule has 0 aliphatic carbocycles. The zero-order valence-electron chi connectivity index (χ0n) is 18.0. The molecule has 1 aliphatic rings. The molecule has 2 aromatic carbocycles. The lowest BCUT2D eigenvalue weighted by molar-refractivity contribution is 0.0498. The molecule has 160 valence electrons. The minimum Gasteiger partial charge on any atom is -0.496 e. The van der Waals surface area contributed by atoms with E-state index in [0.717, 1.165) is 55.9 Å². The normalized spacial score (nSPS) is 18.2. The monoisotopic (exact) mass is 410 g/mol. The molecule has 0 amide bonds. The van der Waals surface area contributed by atoms with E-state index in [1.165, 1.54) is 22.3 Å². The fourth-order valence-electron chi connectivity index (χ4n) is 4.38. The van der Waals surface area contributed by atoms with Crippen molar-refractivity contribution in [1.29, 1.82) is 0 Å². The minimum atomic E-state index is 0.201. The standard InChI is InChI=1S/C23H30N4O3/c1-16-17(2)23(29-3)7-5-19(16)14-27-10-9-26(15-20(27)8-11-28)13-18-4-6-21-22(12-18)25-30-24-21/h4-7,12,20,28H,8-11,13-15H2,1-3H3/t20-/m0/s1. The summed E-state index contributed by atoms with van der Waals surface area (Å²) in [6, 6.07) is 10.6. The van der Waals surface area contributed by atoms with Crippen molar-refractivity contribution in [3.8, 4) is 5.75 Å². The van der Waals surface area contributed by atoms with Crippen LogP contribution in [0.5, 0.6) is 5.75 Å². The Morgan fingerprint density at radius 3 is 2.70 bits per heavy atom. The van der Waals surface area contributed by atoms with Crippen molar-refractivity contribution in [3.05, 3.63) is 52.6 Å². The van der Waals surface area contributed by atoms with E-state index in [1.807, 2.05) is 12.1 Å². The molecule has 3 aromatic rings. The Morgan fingerprint density at radius 1 is 1.07 bits per heavy atom. The van der Waals surface area contributed by atoms with Gasteiger partial charge < -0.3 is 9.84 Å². The number of methoxy groups -OCH3 is 1. The predicted octanol–water partition coefficient (Wildman–Crippen LogP) is 2.92. The Bertz CT molecular complexity index is 1000. The highest BCUT2D eigenvalue weighted by atomic mass is 16.6. The second-order valence-electron chi connectivity index (χ2n) is 8.14. The molecule has 0 spiro atoms. The Kier molecular flexibility index (Phi) is 6.32. The molecule has 7 heteroatoms. The molecule has 1 aliphatic heterocycles. The third-order valence-corrected chi connectivity index (χ3v) is 6.32. The molecule has 30 heavy (non-hydrogen) atoms. The van der Waals surface area contributed by atoms with Crippen LogP contribution >= 0.6 is 0 Å². The molecule has 1 atom stereocenters. The smallest absolute Gasteiger partial charge is 0.135 e. The van der Waals surface area contributed by atoms with Gasteiger partial charge in [-0.25, -0.2) is 4.63 Å². The van der Waals surface area contributed by atoms with Gasteiger partial charge in [0.2, 0.25) is 0 Å². The molecule has 1 saturated heterocycles. The molecule has 2 heterocycles. The fourth-order valence-corrected chi connectivity index (χ4v) is 4.38. The number of aliphatic hydroxyl groups is 1. The molecule has 1 N–H and O–H groups in total. The number of fused-ring (bicyclic) bond motifs is 1. The molecule has 1 fully saturated rings. The largest absolute Gasteiger partial charge is 0.496 e. The Labute approximate surface area is 177 Å². The first-order valence-electron chi connectivity index (χ1n) is 10.5. The van der Waals surface area contributed by atoms with E-state index in [1.54, 1.807) is 7.11 Å². The number of aromatic nitrogens is 2. The summed E-state index contributed by atoms with van der Waals surface area (Å²) in [4.78, 5) is 4.96. The van der Waals surface area contributed by atoms with Gasteiger partial charge >= 0.3 is 0 Å². The molecule has 0 saturated carbocycles. The van der Waals surface area contributed by atoms with E-state index < -0.39 is 0 Å². The van der Waals surface area contributed by atoms with Gasteiger partial charge in [0.05, 0.1) is 7.11 Å². The summed E-state index contributed by atoms with van der Waals surface area (Å²) in [5.41, 5.74) is 6.60. The number of piperazine rings is 1. The van der Waals surface area contributed by atoms with Crippen molar-refractivity contribution in [2.75, 3.05) is 33.4 Å². The lowest BCUT2D eigenvalue weighted by Gasteiger charge is -2.41. The van der Waals surface area contributed by atoms with Crippen LogP contribution in [0.3, 0.4) is 0 Å². The van der Waals surface area contributed by atoms with E-state index in [2.05, 4.69) is 52.2 Å². The number of rotatable bonds is 7. The van der Waals surface area contributed by atoms with E-state index in [9.17, 15) is 5.11 Å². The van der Waals surface area contributed by atoms with Gasteiger partial charge in [-0.05, 0) is 71.0 Å². The summed E-state index contributed by atoms with van der Waals surface area (Å²) in [5, 5.41) is 17.5. The van der Waals surface area contributed by atoms with Crippen LogP contribution in [0.2, 0.25) is 0 Å². The summed E-state index contributed by atoms with van der Waals surface area (Å²) >= 11 is 0. The average Bonchev–Trinajstić information content (AvgIpc) is 3.21. The summed E-state index contributed by atoms with van der Waals surface area (Å²) in [7, 11) is 1.72. The van der Waals surface area contributed by atoms with Crippen molar-refractivity contribution in [1.82, 2.24) is 20.1 Å². The number of benzene rings is 2. The van der Waals surface area contributed by atoms with Gasteiger partial charge in [-0.15, -0.1) is 0 Å². The summed E-state index contributed by atoms with van der Waals surface area (Å²) < 4.78 is 10.3. The Balaban J connectivity index is 1.44. The molecule has 4 rings (SSSR count). The van der Waals surface area contributed by atoms with Gasteiger partial charge in [0.15, 0.2) is 0 Å². The fraction of sp³-hybridized carbons (Fsp3) is 0.478. The minimum absolute atomic E-state index is 0.201. The number of nitrogens with zero attached hydrogens (tertiary/aromatic N) is 4. The van der Waals surface area contributed by atoms with Crippen molar-refractivity contribution >= 4 is 11.0 Å². The predicted molar refractivity (Wildman–Crippen MR) is 115 cm³/mol. The van der Waals surface area contributed by atoms with Crippen LogP contribution in [0, 0.1) is 13.8 Å². The first-order valence-corrected chi connectivity index (χ1v) is 10.5. The maximum absolute atomic E-state index is 9.65. The molecule has 0 bridgehead atoms. The first kappa shape index (κ1) is 20.8. The highest BCUT2D eigenvalue weighted by Crippen LogP contribution is 2.26. The van der Waals surface area contributed by atoms with Crippen molar-refractivity contribution in [3.63, 3.8) is 0 Å². The number of hydrogen-bond acceptors (Lipinski definition) is 7. The van der Waals surface area contributed by atoms with Gasteiger partial charge in [-0.1, -0.05) is 12.1 Å². The lowest BCUT2D eigenvalue weighted by Crippen LogP contribution is -2.52. The Hall–Kier alpha value is -2.48. The third-order valence-electron chi connectivity index (χ3n) is 6.32. The number of ether oxygens (including phenoxy) is 1. The second kappa shape index (κ2) is 9.12. The van der Waals surface area contributed by atoms with Crippen molar-refractivity contribution in [2.45, 2.75) is 39.4 Å². The quantitative estimate of drug-likeness (QED) is 0.642. The van der Waals surface area contributed by atoms with Crippen molar-refractivity contribution < 1.29 is 14.5 Å².